The first-order valence-electron chi connectivity index (χ1n) is 18.6. The Hall–Kier alpha value is -7.70. The fourth-order valence-corrected chi connectivity index (χ4v) is 8.35. The number of pyridine rings is 1. The predicted octanol–water partition coefficient (Wildman–Crippen LogP) is 13.2. The Labute approximate surface area is 319 Å². The van der Waals surface area contributed by atoms with Crippen molar-refractivity contribution in [2.45, 2.75) is 0 Å². The van der Waals surface area contributed by atoms with Gasteiger partial charge in [0, 0.05) is 55.2 Å². The quantitative estimate of drug-likeness (QED) is 0.169. The Bertz CT molecular complexity index is 3550. The first-order chi connectivity index (χ1) is 27.7. The summed E-state index contributed by atoms with van der Waals surface area (Å²) in [6.07, 6.45) is 1.87. The Morgan fingerprint density at radius 3 is 1.84 bits per heavy atom. The third-order valence-corrected chi connectivity index (χ3v) is 11.0. The molecule has 0 aliphatic carbocycles. The Balaban J connectivity index is 1.06. The number of furan rings is 2. The molecular formula is C50H28N4O2. The van der Waals surface area contributed by atoms with Gasteiger partial charge in [-0.25, -0.2) is 15.0 Å². The summed E-state index contributed by atoms with van der Waals surface area (Å²) in [6, 6.07) is 56.3. The van der Waals surface area contributed by atoms with Crippen LogP contribution in [0.2, 0.25) is 0 Å². The first kappa shape index (κ1) is 30.7. The fourth-order valence-electron chi connectivity index (χ4n) is 8.35. The molecule has 0 aliphatic rings. The molecule has 260 valence electrons. The molecule has 8 aromatic carbocycles. The fraction of sp³-hybridized carbons (Fsp3) is 0. The monoisotopic (exact) mass is 716 g/mol. The molecule has 0 unspecified atom stereocenters. The third kappa shape index (κ3) is 4.69. The average Bonchev–Trinajstić information content (AvgIpc) is 3.84. The molecule has 56 heavy (non-hydrogen) atoms. The van der Waals surface area contributed by atoms with E-state index in [0.717, 1.165) is 88.0 Å². The molecule has 0 amide bonds. The summed E-state index contributed by atoms with van der Waals surface area (Å²) in [4.78, 5) is 20.3. The number of benzene rings is 8. The lowest BCUT2D eigenvalue weighted by molar-refractivity contribution is 0.668. The maximum Gasteiger partial charge on any atom is 0.164 e. The molecule has 0 fully saturated rings. The molecule has 0 radical (unpaired) electrons. The van der Waals surface area contributed by atoms with Crippen LogP contribution in [-0.4, -0.2) is 19.9 Å². The topological polar surface area (TPSA) is 77.8 Å². The molecule has 6 nitrogen and oxygen atoms in total. The van der Waals surface area contributed by atoms with Crippen molar-refractivity contribution in [2.24, 2.45) is 0 Å². The number of rotatable bonds is 4. The Morgan fingerprint density at radius 1 is 0.339 bits per heavy atom. The van der Waals surface area contributed by atoms with Crippen LogP contribution in [0.5, 0.6) is 0 Å². The van der Waals surface area contributed by atoms with Gasteiger partial charge in [0.25, 0.3) is 0 Å². The molecule has 0 saturated heterocycles. The average molecular weight is 717 g/mol. The summed E-state index contributed by atoms with van der Waals surface area (Å²) in [5.74, 6) is 1.69. The van der Waals surface area contributed by atoms with Gasteiger partial charge in [0.15, 0.2) is 17.5 Å². The molecule has 0 atom stereocenters. The SMILES string of the molecule is c1ccc2c(c1)cc(-c1ccc(-c3nc(-c4ccc5c(c4)oc4ccccc45)nc(-c4cccc5oc6ccccc6c45)n3)cc1)c1c2ccc2cccnc21. The standard InChI is InChI=1S/C50H28N4O2/c1-2-11-34-32(9-1)27-40(46-37(34)25-22-30-10-8-26-51-47(30)46)29-18-20-31(21-19-29)48-52-49(33-23-24-36-35-12-3-5-15-41(35)56-44(36)28-33)54-50(53-48)39-14-7-17-43-45(39)38-13-4-6-16-42(38)55-43/h1-28H. The summed E-state index contributed by atoms with van der Waals surface area (Å²) >= 11 is 0. The second-order valence-corrected chi connectivity index (χ2v) is 14.2. The largest absolute Gasteiger partial charge is 0.456 e. The van der Waals surface area contributed by atoms with Gasteiger partial charge in [0.1, 0.15) is 22.3 Å². The highest BCUT2D eigenvalue weighted by Crippen LogP contribution is 2.40. The van der Waals surface area contributed by atoms with E-state index in [1.807, 2.05) is 66.9 Å². The molecule has 0 N–H and O–H groups in total. The zero-order valence-electron chi connectivity index (χ0n) is 29.8. The zero-order chi connectivity index (χ0) is 36.7. The summed E-state index contributed by atoms with van der Waals surface area (Å²) in [5, 5.41) is 9.94. The summed E-state index contributed by atoms with van der Waals surface area (Å²) < 4.78 is 12.6. The van der Waals surface area contributed by atoms with Gasteiger partial charge in [-0.1, -0.05) is 121 Å². The van der Waals surface area contributed by atoms with Gasteiger partial charge in [-0.15, -0.1) is 0 Å². The molecule has 0 spiro atoms. The van der Waals surface area contributed by atoms with E-state index in [1.54, 1.807) is 0 Å². The lowest BCUT2D eigenvalue weighted by Crippen LogP contribution is -2.00. The van der Waals surface area contributed by atoms with Crippen LogP contribution in [0.15, 0.2) is 179 Å². The van der Waals surface area contributed by atoms with Crippen LogP contribution in [0.3, 0.4) is 0 Å². The van der Waals surface area contributed by atoms with E-state index >= 15 is 0 Å². The Morgan fingerprint density at radius 2 is 0.964 bits per heavy atom. The van der Waals surface area contributed by atoms with Crippen LogP contribution < -0.4 is 0 Å². The molecule has 0 saturated carbocycles. The van der Waals surface area contributed by atoms with E-state index < -0.39 is 0 Å². The number of hydrogen-bond donors (Lipinski definition) is 0. The van der Waals surface area contributed by atoms with Gasteiger partial charge >= 0.3 is 0 Å². The van der Waals surface area contributed by atoms with Crippen molar-refractivity contribution in [1.29, 1.82) is 0 Å². The number of hydrogen-bond acceptors (Lipinski definition) is 6. The van der Waals surface area contributed by atoms with Crippen LogP contribution in [-0.2, 0) is 0 Å². The number of aromatic nitrogens is 4. The maximum absolute atomic E-state index is 6.29. The van der Waals surface area contributed by atoms with E-state index in [0.29, 0.717) is 17.5 Å². The summed E-state index contributed by atoms with van der Waals surface area (Å²) in [6.45, 7) is 0. The van der Waals surface area contributed by atoms with Crippen molar-refractivity contribution in [3.8, 4) is 45.3 Å². The molecule has 4 aromatic heterocycles. The second kappa shape index (κ2) is 11.9. The lowest BCUT2D eigenvalue weighted by Gasteiger charge is -2.14. The van der Waals surface area contributed by atoms with Gasteiger partial charge in [-0.05, 0) is 69.8 Å². The van der Waals surface area contributed by atoms with E-state index in [-0.39, 0.29) is 0 Å². The van der Waals surface area contributed by atoms with Gasteiger partial charge in [-0.3, -0.25) is 4.98 Å². The highest BCUT2D eigenvalue weighted by Gasteiger charge is 2.19. The predicted molar refractivity (Wildman–Crippen MR) is 226 cm³/mol. The van der Waals surface area contributed by atoms with E-state index in [4.69, 9.17) is 28.8 Å². The van der Waals surface area contributed by atoms with Gasteiger partial charge in [0.05, 0.1) is 5.52 Å². The highest BCUT2D eigenvalue weighted by molar-refractivity contribution is 6.22. The van der Waals surface area contributed by atoms with Crippen LogP contribution in [0.25, 0.3) is 122 Å². The molecule has 0 bridgehead atoms. The minimum atomic E-state index is 0.555. The number of fused-ring (bicyclic) bond motifs is 11. The number of nitrogens with zero attached hydrogens (tertiary/aromatic N) is 4. The maximum atomic E-state index is 6.29. The minimum absolute atomic E-state index is 0.555. The van der Waals surface area contributed by atoms with Crippen molar-refractivity contribution < 1.29 is 8.83 Å². The van der Waals surface area contributed by atoms with E-state index in [1.165, 1.54) is 16.2 Å². The van der Waals surface area contributed by atoms with Crippen LogP contribution >= 0.6 is 0 Å². The van der Waals surface area contributed by atoms with E-state index in [9.17, 15) is 0 Å². The second-order valence-electron chi connectivity index (χ2n) is 14.2. The summed E-state index contributed by atoms with van der Waals surface area (Å²) in [7, 11) is 0. The van der Waals surface area contributed by atoms with Crippen LogP contribution in [0.4, 0.5) is 0 Å². The normalized spacial score (nSPS) is 11.9. The minimum Gasteiger partial charge on any atom is -0.456 e. The van der Waals surface area contributed by atoms with Crippen molar-refractivity contribution in [3.63, 3.8) is 0 Å². The van der Waals surface area contributed by atoms with Crippen LogP contribution in [0, 0.1) is 0 Å². The van der Waals surface area contributed by atoms with E-state index in [2.05, 4.69) is 103 Å². The molecule has 4 heterocycles. The number of para-hydroxylation sites is 2. The van der Waals surface area contributed by atoms with Crippen molar-refractivity contribution >= 4 is 76.3 Å². The molecular weight excluding hydrogens is 689 g/mol. The third-order valence-electron chi connectivity index (χ3n) is 11.0. The van der Waals surface area contributed by atoms with Crippen molar-refractivity contribution in [2.75, 3.05) is 0 Å². The van der Waals surface area contributed by atoms with Gasteiger partial charge in [-0.2, -0.15) is 0 Å². The Kier molecular flexibility index (Phi) is 6.53. The highest BCUT2D eigenvalue weighted by atomic mass is 16.3. The molecule has 12 aromatic rings. The molecule has 0 aliphatic heterocycles. The molecule has 12 rings (SSSR count). The van der Waals surface area contributed by atoms with Crippen molar-refractivity contribution in [3.05, 3.63) is 170 Å². The smallest absolute Gasteiger partial charge is 0.164 e. The van der Waals surface area contributed by atoms with Gasteiger partial charge < -0.3 is 8.83 Å². The van der Waals surface area contributed by atoms with Crippen LogP contribution in [0.1, 0.15) is 0 Å². The van der Waals surface area contributed by atoms with Gasteiger partial charge in [0.2, 0.25) is 0 Å². The lowest BCUT2D eigenvalue weighted by atomic mass is 9.91. The molecule has 6 heteroatoms. The summed E-state index contributed by atoms with van der Waals surface area (Å²) in [5.41, 5.74) is 9.02. The van der Waals surface area contributed by atoms with Crippen molar-refractivity contribution in [1.82, 2.24) is 19.9 Å². The first-order valence-corrected chi connectivity index (χ1v) is 18.6. The zero-order valence-corrected chi connectivity index (χ0v) is 29.8.